The fraction of sp³-hybridized carbons (Fsp3) is 0.500. The van der Waals surface area contributed by atoms with E-state index < -0.39 is 11.9 Å². The molecule has 178 valence electrons. The molecule has 0 saturated carbocycles. The average Bonchev–Trinajstić information content (AvgIpc) is 3.32. The molecule has 2 aromatic rings. The van der Waals surface area contributed by atoms with Crippen LogP contribution in [0.25, 0.3) is 0 Å². The number of halogens is 3. The summed E-state index contributed by atoms with van der Waals surface area (Å²) in [5, 5.41) is 20.7. The number of nitrogens with zero attached hydrogens (tertiary/aromatic N) is 3. The van der Waals surface area contributed by atoms with Crippen LogP contribution in [0.4, 0.5) is 16.2 Å². The summed E-state index contributed by atoms with van der Waals surface area (Å²) in [5.74, 6) is -0.336. The van der Waals surface area contributed by atoms with E-state index in [0.717, 1.165) is 31.1 Å². The topological polar surface area (TPSA) is 102 Å². The van der Waals surface area contributed by atoms with Crippen LogP contribution >= 0.6 is 23.2 Å². The van der Waals surface area contributed by atoms with Crippen LogP contribution < -0.4 is 20.9 Å². The molecule has 4 N–H and O–H groups in total. The molecule has 33 heavy (non-hydrogen) atoms. The van der Waals surface area contributed by atoms with Crippen molar-refractivity contribution in [2.24, 2.45) is 0 Å². The van der Waals surface area contributed by atoms with Crippen molar-refractivity contribution in [3.05, 3.63) is 45.8 Å². The molecule has 2 aliphatic rings. The van der Waals surface area contributed by atoms with E-state index in [1.165, 1.54) is 0 Å². The normalized spacial score (nSPS) is 23.9. The van der Waals surface area contributed by atoms with Crippen molar-refractivity contribution in [2.75, 3.05) is 29.9 Å². The van der Waals surface area contributed by atoms with E-state index in [0.29, 0.717) is 29.0 Å². The third-order valence-corrected chi connectivity index (χ3v) is 6.65. The third-order valence-electron chi connectivity index (χ3n) is 6.08. The van der Waals surface area contributed by atoms with E-state index in [-0.39, 0.29) is 36.4 Å². The van der Waals surface area contributed by atoms with Gasteiger partial charge >= 0.3 is 0 Å². The first-order valence-electron chi connectivity index (χ1n) is 11.0. The van der Waals surface area contributed by atoms with Gasteiger partial charge in [-0.15, -0.1) is 0 Å². The predicted molar refractivity (Wildman–Crippen MR) is 126 cm³/mol. The van der Waals surface area contributed by atoms with Gasteiger partial charge in [-0.25, -0.2) is 9.37 Å². The Bertz CT molecular complexity index is 1010. The fourth-order valence-corrected chi connectivity index (χ4v) is 4.79. The van der Waals surface area contributed by atoms with Crippen LogP contribution in [-0.2, 0) is 4.79 Å². The Morgan fingerprint density at radius 3 is 2.88 bits per heavy atom. The van der Waals surface area contributed by atoms with Crippen LogP contribution in [0.3, 0.4) is 0 Å². The Kier molecular flexibility index (Phi) is 7.53. The quantitative estimate of drug-likeness (QED) is 0.487. The van der Waals surface area contributed by atoms with E-state index in [2.05, 4.69) is 25.9 Å². The first kappa shape index (κ1) is 23.9. The third kappa shape index (κ3) is 5.66. The minimum absolute atomic E-state index is 0.0377. The molecule has 3 heterocycles. The molecule has 0 aliphatic carbocycles. The first-order valence-corrected chi connectivity index (χ1v) is 11.8. The Morgan fingerprint density at radius 2 is 2.18 bits per heavy atom. The predicted octanol–water partition coefficient (Wildman–Crippen LogP) is 2.90. The number of nitrogens with one attached hydrogen (secondary N) is 3. The van der Waals surface area contributed by atoms with Crippen molar-refractivity contribution in [1.82, 2.24) is 20.6 Å². The minimum atomic E-state index is -0.791. The summed E-state index contributed by atoms with van der Waals surface area (Å²) in [4.78, 5) is 22.6. The molecule has 2 saturated heterocycles. The number of carbonyl (C=O) groups is 1. The number of benzene rings is 1. The van der Waals surface area contributed by atoms with Gasteiger partial charge in [0.2, 0.25) is 11.9 Å². The van der Waals surface area contributed by atoms with Gasteiger partial charge in [0.05, 0.1) is 30.4 Å². The number of aliphatic hydroxyl groups is 1. The van der Waals surface area contributed by atoms with Gasteiger partial charge in [-0.05, 0) is 50.4 Å². The summed E-state index contributed by atoms with van der Waals surface area (Å²) < 4.78 is 14.4. The van der Waals surface area contributed by atoms with E-state index in [4.69, 9.17) is 23.2 Å². The number of aliphatic hydroxyl groups excluding tert-OH is 1. The number of rotatable bonds is 6. The molecule has 2 aliphatic heterocycles. The molecule has 8 nitrogen and oxygen atoms in total. The summed E-state index contributed by atoms with van der Waals surface area (Å²) in [5.41, 5.74) is 0.754. The molecule has 0 bridgehead atoms. The summed E-state index contributed by atoms with van der Waals surface area (Å²) >= 11 is 12.2. The molecule has 2 fully saturated rings. The number of piperidine rings is 1. The van der Waals surface area contributed by atoms with Crippen molar-refractivity contribution in [3.8, 4) is 0 Å². The molecular weight excluding hydrogens is 470 g/mol. The summed E-state index contributed by atoms with van der Waals surface area (Å²) in [6, 6.07) is 4.25. The molecule has 4 atom stereocenters. The highest BCUT2D eigenvalue weighted by atomic mass is 35.5. The molecule has 1 unspecified atom stereocenters. The molecule has 1 aromatic heterocycles. The molecule has 4 rings (SSSR count). The Balaban J connectivity index is 1.40. The SMILES string of the molecule is C[C@@H](Nc1nc(N2CC[C@H](NC(=O)C3CCCN3)[C@H](O)C2)ncc1F)c1ccc(Cl)cc1Cl. The van der Waals surface area contributed by atoms with E-state index in [1.807, 2.05) is 6.92 Å². The second-order valence-electron chi connectivity index (χ2n) is 8.46. The van der Waals surface area contributed by atoms with Crippen molar-refractivity contribution >= 4 is 40.9 Å². The average molecular weight is 497 g/mol. The molecule has 11 heteroatoms. The zero-order valence-corrected chi connectivity index (χ0v) is 19.7. The van der Waals surface area contributed by atoms with Gasteiger partial charge in [-0.1, -0.05) is 29.3 Å². The Hall–Kier alpha value is -2.20. The maximum atomic E-state index is 14.4. The lowest BCUT2D eigenvalue weighted by molar-refractivity contribution is -0.124. The second-order valence-corrected chi connectivity index (χ2v) is 9.31. The fourth-order valence-electron chi connectivity index (χ4n) is 4.22. The summed E-state index contributed by atoms with van der Waals surface area (Å²) in [6.07, 6.45) is 2.62. The second kappa shape index (κ2) is 10.4. The lowest BCUT2D eigenvalue weighted by Crippen LogP contribution is -2.56. The van der Waals surface area contributed by atoms with Crippen molar-refractivity contribution in [1.29, 1.82) is 0 Å². The highest BCUT2D eigenvalue weighted by Crippen LogP contribution is 2.29. The van der Waals surface area contributed by atoms with E-state index in [1.54, 1.807) is 23.1 Å². The van der Waals surface area contributed by atoms with Gasteiger partial charge in [-0.2, -0.15) is 4.98 Å². The van der Waals surface area contributed by atoms with Gasteiger partial charge in [0.25, 0.3) is 0 Å². The van der Waals surface area contributed by atoms with Crippen LogP contribution in [0.2, 0.25) is 10.0 Å². The maximum absolute atomic E-state index is 14.4. The van der Waals surface area contributed by atoms with E-state index >= 15 is 0 Å². The number of carbonyl (C=O) groups excluding carboxylic acids is 1. The Morgan fingerprint density at radius 1 is 1.36 bits per heavy atom. The number of anilines is 2. The number of amides is 1. The zero-order chi connectivity index (χ0) is 23.5. The van der Waals surface area contributed by atoms with Gasteiger partial charge in [0, 0.05) is 23.1 Å². The highest BCUT2D eigenvalue weighted by Gasteiger charge is 2.32. The number of hydrogen-bond acceptors (Lipinski definition) is 7. The smallest absolute Gasteiger partial charge is 0.237 e. The highest BCUT2D eigenvalue weighted by molar-refractivity contribution is 6.35. The number of aromatic nitrogens is 2. The van der Waals surface area contributed by atoms with Crippen LogP contribution in [0.5, 0.6) is 0 Å². The van der Waals surface area contributed by atoms with Gasteiger partial charge in [0.1, 0.15) is 0 Å². The molecule has 1 aromatic carbocycles. The van der Waals surface area contributed by atoms with Crippen LogP contribution in [0, 0.1) is 5.82 Å². The maximum Gasteiger partial charge on any atom is 0.237 e. The van der Waals surface area contributed by atoms with Crippen molar-refractivity contribution in [2.45, 2.75) is 50.4 Å². The van der Waals surface area contributed by atoms with E-state index in [9.17, 15) is 14.3 Å². The number of hydrogen-bond donors (Lipinski definition) is 4. The van der Waals surface area contributed by atoms with Crippen molar-refractivity contribution in [3.63, 3.8) is 0 Å². The van der Waals surface area contributed by atoms with Gasteiger partial charge in [-0.3, -0.25) is 4.79 Å². The molecular formula is C22H27Cl2FN6O2. The summed E-state index contributed by atoms with van der Waals surface area (Å²) in [7, 11) is 0. The summed E-state index contributed by atoms with van der Waals surface area (Å²) in [6.45, 7) is 3.42. The lowest BCUT2D eigenvalue weighted by atomic mass is 10.0. The lowest BCUT2D eigenvalue weighted by Gasteiger charge is -2.36. The van der Waals surface area contributed by atoms with Crippen LogP contribution in [0.1, 0.15) is 37.8 Å². The molecule has 0 radical (unpaired) electrons. The van der Waals surface area contributed by atoms with Crippen LogP contribution in [0.15, 0.2) is 24.4 Å². The largest absolute Gasteiger partial charge is 0.389 e. The minimum Gasteiger partial charge on any atom is -0.389 e. The molecule has 1 amide bonds. The zero-order valence-electron chi connectivity index (χ0n) is 18.2. The molecule has 0 spiro atoms. The monoisotopic (exact) mass is 496 g/mol. The van der Waals surface area contributed by atoms with Crippen molar-refractivity contribution < 1.29 is 14.3 Å². The Labute approximate surface area is 201 Å². The van der Waals surface area contributed by atoms with Gasteiger partial charge < -0.3 is 26.0 Å². The standard InChI is InChI=1S/C22H27Cl2FN6O2/c1-12(14-5-4-13(23)9-15(14)24)28-20-16(25)10-27-22(30-20)31-8-6-17(19(32)11-31)29-21(33)18-3-2-7-26-18/h4-5,9-10,12,17-19,26,32H,2-3,6-8,11H2,1H3,(H,29,33)(H,27,28,30)/t12-,17+,18?,19-/m1/s1. The number of β-amino-alcohol motifs (C(OH)–C–C–N with tert-alkyl or cyclic N) is 1. The first-order chi connectivity index (χ1) is 15.8. The van der Waals surface area contributed by atoms with Crippen LogP contribution in [-0.4, -0.2) is 58.8 Å². The van der Waals surface area contributed by atoms with Gasteiger partial charge in [0.15, 0.2) is 11.6 Å².